The zero-order valence-corrected chi connectivity index (χ0v) is 16.3. The third-order valence-corrected chi connectivity index (χ3v) is 4.95. The molecule has 2 aromatic carbocycles. The molecule has 146 valence electrons. The minimum atomic E-state index is -0.387. The van der Waals surface area contributed by atoms with E-state index in [0.29, 0.717) is 12.1 Å². The van der Waals surface area contributed by atoms with Crippen LogP contribution in [0, 0.1) is 6.92 Å². The summed E-state index contributed by atoms with van der Waals surface area (Å²) in [7, 11) is 1.60. The van der Waals surface area contributed by atoms with E-state index >= 15 is 0 Å². The number of aryl methyl sites for hydroxylation is 1. The van der Waals surface area contributed by atoms with Crippen molar-refractivity contribution in [1.82, 2.24) is 14.1 Å². The molecule has 4 aromatic rings. The molecule has 4 rings (SSSR count). The quantitative estimate of drug-likeness (QED) is 0.528. The Labute approximate surface area is 167 Å². The maximum absolute atomic E-state index is 13.3. The Morgan fingerprint density at radius 2 is 1.48 bits per heavy atom. The van der Waals surface area contributed by atoms with Crippen molar-refractivity contribution in [3.05, 3.63) is 104 Å². The molecule has 2 heterocycles. The number of hydrogen-bond acceptors (Lipinski definition) is 4. The lowest BCUT2D eigenvalue weighted by Gasteiger charge is -2.14. The van der Waals surface area contributed by atoms with Gasteiger partial charge in [-0.15, -0.1) is 0 Å². The molecule has 0 aliphatic carbocycles. The van der Waals surface area contributed by atoms with Crippen molar-refractivity contribution >= 4 is 11.0 Å². The summed E-state index contributed by atoms with van der Waals surface area (Å²) in [5, 5.41) is 0. The van der Waals surface area contributed by atoms with Crippen molar-refractivity contribution in [2.75, 3.05) is 7.11 Å². The van der Waals surface area contributed by atoms with Gasteiger partial charge in [0.05, 0.1) is 25.7 Å². The van der Waals surface area contributed by atoms with Gasteiger partial charge in [0.15, 0.2) is 5.52 Å². The van der Waals surface area contributed by atoms with E-state index in [1.807, 2.05) is 55.5 Å². The first kappa shape index (κ1) is 18.7. The molecule has 0 spiro atoms. The number of aromatic nitrogens is 3. The van der Waals surface area contributed by atoms with E-state index in [4.69, 9.17) is 4.74 Å². The molecule has 0 amide bonds. The summed E-state index contributed by atoms with van der Waals surface area (Å²) in [6.45, 7) is 2.55. The van der Waals surface area contributed by atoms with Crippen LogP contribution in [0.5, 0.6) is 5.75 Å². The molecule has 0 radical (unpaired) electrons. The van der Waals surface area contributed by atoms with Crippen LogP contribution in [0.4, 0.5) is 0 Å². The summed E-state index contributed by atoms with van der Waals surface area (Å²) in [5.41, 5.74) is 3.05. The summed E-state index contributed by atoms with van der Waals surface area (Å²) < 4.78 is 8.02. The zero-order chi connectivity index (χ0) is 20.4. The van der Waals surface area contributed by atoms with Gasteiger partial charge in [-0.25, -0.2) is 9.78 Å². The van der Waals surface area contributed by atoms with Gasteiger partial charge in [-0.1, -0.05) is 42.0 Å². The average molecular weight is 387 g/mol. The Hall–Kier alpha value is -3.67. The molecular formula is C23H21N3O3. The number of rotatable bonds is 5. The lowest BCUT2D eigenvalue weighted by Crippen LogP contribution is -2.40. The highest BCUT2D eigenvalue weighted by Gasteiger charge is 2.14. The van der Waals surface area contributed by atoms with Crippen LogP contribution in [0.1, 0.15) is 16.7 Å². The number of nitrogens with zero attached hydrogens (tertiary/aromatic N) is 3. The Morgan fingerprint density at radius 1 is 0.862 bits per heavy atom. The number of ether oxygens (including phenoxy) is 1. The molecule has 0 N–H and O–H groups in total. The molecule has 0 unspecified atom stereocenters. The first-order valence-corrected chi connectivity index (χ1v) is 9.33. The molecule has 0 bridgehead atoms. The van der Waals surface area contributed by atoms with Gasteiger partial charge in [0.25, 0.3) is 5.56 Å². The molecule has 0 aliphatic heterocycles. The van der Waals surface area contributed by atoms with E-state index < -0.39 is 0 Å². The molecule has 6 nitrogen and oxygen atoms in total. The van der Waals surface area contributed by atoms with Crippen molar-refractivity contribution < 1.29 is 4.74 Å². The van der Waals surface area contributed by atoms with Crippen molar-refractivity contribution in [3.8, 4) is 5.75 Å². The number of pyridine rings is 1. The van der Waals surface area contributed by atoms with Crippen LogP contribution < -0.4 is 16.0 Å². The van der Waals surface area contributed by atoms with E-state index in [-0.39, 0.29) is 23.3 Å². The van der Waals surface area contributed by atoms with Crippen LogP contribution in [0.3, 0.4) is 0 Å². The Bertz CT molecular complexity index is 1270. The smallest absolute Gasteiger partial charge is 0.332 e. The third kappa shape index (κ3) is 3.69. The van der Waals surface area contributed by atoms with Gasteiger partial charge in [0.1, 0.15) is 5.75 Å². The van der Waals surface area contributed by atoms with E-state index in [2.05, 4.69) is 4.98 Å². The second-order valence-corrected chi connectivity index (χ2v) is 6.96. The summed E-state index contributed by atoms with van der Waals surface area (Å²) >= 11 is 0. The van der Waals surface area contributed by atoms with Crippen molar-refractivity contribution in [2.45, 2.75) is 20.0 Å². The largest absolute Gasteiger partial charge is 0.497 e. The van der Waals surface area contributed by atoms with Gasteiger partial charge in [0.2, 0.25) is 0 Å². The van der Waals surface area contributed by atoms with Crippen molar-refractivity contribution in [1.29, 1.82) is 0 Å². The second-order valence-electron chi connectivity index (χ2n) is 6.96. The second kappa shape index (κ2) is 7.75. The van der Waals surface area contributed by atoms with Crippen molar-refractivity contribution in [3.63, 3.8) is 0 Å². The lowest BCUT2D eigenvalue weighted by atomic mass is 10.1. The number of fused-ring (bicyclic) bond motifs is 1. The van der Waals surface area contributed by atoms with Crippen LogP contribution in [-0.2, 0) is 13.1 Å². The topological polar surface area (TPSA) is 66.1 Å². The Kier molecular flexibility index (Phi) is 4.99. The Balaban J connectivity index is 1.84. The molecule has 0 fully saturated rings. The summed E-state index contributed by atoms with van der Waals surface area (Å²) in [6, 6.07) is 18.8. The molecule has 6 heteroatoms. The van der Waals surface area contributed by atoms with Crippen LogP contribution >= 0.6 is 0 Å². The Morgan fingerprint density at radius 3 is 2.14 bits per heavy atom. The highest BCUT2D eigenvalue weighted by atomic mass is 16.5. The van der Waals surface area contributed by atoms with Gasteiger partial charge >= 0.3 is 5.69 Å². The van der Waals surface area contributed by atoms with Gasteiger partial charge in [-0.05, 0) is 42.3 Å². The summed E-state index contributed by atoms with van der Waals surface area (Å²) in [5.74, 6) is 0.720. The van der Waals surface area contributed by atoms with Crippen LogP contribution in [-0.4, -0.2) is 21.2 Å². The fraction of sp³-hybridized carbons (Fsp3) is 0.174. The maximum atomic E-state index is 13.3. The first-order chi connectivity index (χ1) is 14.1. The standard InChI is InChI=1S/C23H21N3O3/c1-16-5-7-17(8-6-16)14-25-20-4-3-13-24-21(20)22(27)26(23(25)28)15-18-9-11-19(29-2)12-10-18/h3-13H,14-15H2,1-2H3. The van der Waals surface area contributed by atoms with Crippen LogP contribution in [0.25, 0.3) is 11.0 Å². The predicted molar refractivity (Wildman–Crippen MR) is 113 cm³/mol. The number of benzene rings is 2. The van der Waals surface area contributed by atoms with Gasteiger partial charge in [-0.2, -0.15) is 0 Å². The third-order valence-electron chi connectivity index (χ3n) is 4.95. The van der Waals surface area contributed by atoms with Gasteiger partial charge < -0.3 is 4.74 Å². The minimum absolute atomic E-state index is 0.169. The van der Waals surface area contributed by atoms with Crippen LogP contribution in [0.2, 0.25) is 0 Å². The normalized spacial score (nSPS) is 11.0. The van der Waals surface area contributed by atoms with E-state index in [0.717, 1.165) is 22.4 Å². The van der Waals surface area contributed by atoms with E-state index in [1.165, 1.54) is 4.57 Å². The fourth-order valence-corrected chi connectivity index (χ4v) is 3.32. The predicted octanol–water partition coefficient (Wildman–Crippen LogP) is 2.97. The number of methoxy groups -OCH3 is 1. The van der Waals surface area contributed by atoms with Gasteiger partial charge in [-0.3, -0.25) is 13.9 Å². The monoisotopic (exact) mass is 387 g/mol. The highest BCUT2D eigenvalue weighted by Crippen LogP contribution is 2.13. The zero-order valence-electron chi connectivity index (χ0n) is 16.3. The minimum Gasteiger partial charge on any atom is -0.497 e. The van der Waals surface area contributed by atoms with Gasteiger partial charge in [0, 0.05) is 6.20 Å². The number of hydrogen-bond donors (Lipinski definition) is 0. The lowest BCUT2D eigenvalue weighted by molar-refractivity contribution is 0.414. The molecule has 0 atom stereocenters. The molecule has 0 saturated heterocycles. The van der Waals surface area contributed by atoms with Crippen molar-refractivity contribution in [2.24, 2.45) is 0 Å². The molecule has 29 heavy (non-hydrogen) atoms. The molecular weight excluding hydrogens is 366 g/mol. The fourth-order valence-electron chi connectivity index (χ4n) is 3.32. The molecule has 2 aromatic heterocycles. The van der Waals surface area contributed by atoms with Crippen LogP contribution in [0.15, 0.2) is 76.4 Å². The summed E-state index contributed by atoms with van der Waals surface area (Å²) in [6.07, 6.45) is 1.57. The highest BCUT2D eigenvalue weighted by molar-refractivity contribution is 5.73. The maximum Gasteiger partial charge on any atom is 0.332 e. The first-order valence-electron chi connectivity index (χ1n) is 9.33. The van der Waals surface area contributed by atoms with E-state index in [9.17, 15) is 9.59 Å². The summed E-state index contributed by atoms with van der Waals surface area (Å²) in [4.78, 5) is 30.5. The van der Waals surface area contributed by atoms with E-state index in [1.54, 1.807) is 30.0 Å². The molecule has 0 aliphatic rings. The molecule has 0 saturated carbocycles. The SMILES string of the molecule is COc1ccc(Cn2c(=O)c3ncccc3n(Cc3ccc(C)cc3)c2=O)cc1. The average Bonchev–Trinajstić information content (AvgIpc) is 2.76.